The minimum atomic E-state index is -3.25. The first-order valence-electron chi connectivity index (χ1n) is 6.00. The van der Waals surface area contributed by atoms with E-state index in [4.69, 9.17) is 23.2 Å². The smallest absolute Gasteiger partial charge is 0.251 e. The molecule has 7 heteroatoms. The van der Waals surface area contributed by atoms with Gasteiger partial charge in [-0.1, -0.05) is 23.2 Å². The number of carbonyl (C=O) groups is 1. The Kier molecular flexibility index (Phi) is 5.46. The summed E-state index contributed by atoms with van der Waals surface area (Å²) < 4.78 is 22.9. The molecular weight excluding hydrogens is 321 g/mol. The van der Waals surface area contributed by atoms with Crippen molar-refractivity contribution in [1.82, 2.24) is 5.32 Å². The summed E-state index contributed by atoms with van der Waals surface area (Å²) in [7, 11) is -3.25. The van der Waals surface area contributed by atoms with Crippen LogP contribution >= 0.6 is 23.2 Å². The topological polar surface area (TPSA) is 63.2 Å². The van der Waals surface area contributed by atoms with E-state index in [9.17, 15) is 13.2 Å². The molecule has 1 amide bonds. The maximum atomic E-state index is 11.9. The van der Waals surface area contributed by atoms with E-state index < -0.39 is 14.6 Å². The first-order chi connectivity index (χ1) is 9.04. The number of amides is 1. The van der Waals surface area contributed by atoms with E-state index in [1.165, 1.54) is 18.2 Å². The summed E-state index contributed by atoms with van der Waals surface area (Å²) in [4.78, 5) is 11.8. The molecule has 0 aliphatic heterocycles. The molecule has 1 aromatic rings. The normalized spacial score (nSPS) is 12.2. The van der Waals surface area contributed by atoms with E-state index in [0.717, 1.165) is 0 Å². The summed E-state index contributed by atoms with van der Waals surface area (Å²) in [5.41, 5.74) is 0.340. The van der Waals surface area contributed by atoms with Gasteiger partial charge in [0.05, 0.1) is 20.5 Å². The van der Waals surface area contributed by atoms with Crippen molar-refractivity contribution >= 4 is 38.9 Å². The molecule has 112 valence electrons. The van der Waals surface area contributed by atoms with Gasteiger partial charge in [0, 0.05) is 12.1 Å². The summed E-state index contributed by atoms with van der Waals surface area (Å²) in [5.74, 6) is -0.489. The van der Waals surface area contributed by atoms with Gasteiger partial charge in [-0.25, -0.2) is 8.42 Å². The van der Waals surface area contributed by atoms with Crippen molar-refractivity contribution in [3.8, 4) is 0 Å². The molecule has 0 spiro atoms. The van der Waals surface area contributed by atoms with Gasteiger partial charge in [-0.2, -0.15) is 0 Å². The number of halogens is 2. The maximum Gasteiger partial charge on any atom is 0.251 e. The number of carbonyl (C=O) groups excluding carboxylic acids is 1. The molecule has 4 nitrogen and oxygen atoms in total. The molecule has 0 aliphatic rings. The summed E-state index contributed by atoms with van der Waals surface area (Å²) in [6.07, 6.45) is 0. The number of hydrogen-bond donors (Lipinski definition) is 1. The third-order valence-electron chi connectivity index (χ3n) is 2.77. The highest BCUT2D eigenvalue weighted by Gasteiger charge is 2.28. The standard InChI is InChI=1S/C13H17Cl2NO3S/c1-13(2,3)20(18,19)7-6-16-12(17)9-4-5-10(14)11(15)8-9/h4-5,8H,6-7H2,1-3H3,(H,16,17). The number of hydrogen-bond acceptors (Lipinski definition) is 3. The Morgan fingerprint density at radius 1 is 1.20 bits per heavy atom. The lowest BCUT2D eigenvalue weighted by Gasteiger charge is -2.19. The van der Waals surface area contributed by atoms with Crippen molar-refractivity contribution in [2.45, 2.75) is 25.5 Å². The third kappa shape index (κ3) is 4.36. The third-order valence-corrected chi connectivity index (χ3v) is 6.12. The van der Waals surface area contributed by atoms with Crippen molar-refractivity contribution in [2.75, 3.05) is 12.3 Å². The molecule has 0 saturated carbocycles. The van der Waals surface area contributed by atoms with Gasteiger partial charge < -0.3 is 5.32 Å². The van der Waals surface area contributed by atoms with Gasteiger partial charge in [-0.15, -0.1) is 0 Å². The zero-order valence-electron chi connectivity index (χ0n) is 11.5. The fraction of sp³-hybridized carbons (Fsp3) is 0.462. The molecule has 0 unspecified atom stereocenters. The highest BCUT2D eigenvalue weighted by atomic mass is 35.5. The van der Waals surface area contributed by atoms with Gasteiger partial charge in [-0.3, -0.25) is 4.79 Å². The molecule has 1 aromatic carbocycles. The lowest BCUT2D eigenvalue weighted by Crippen LogP contribution is -2.36. The molecule has 0 fully saturated rings. The Labute approximate surface area is 129 Å². The van der Waals surface area contributed by atoms with Gasteiger partial charge in [0.15, 0.2) is 9.84 Å². The highest BCUT2D eigenvalue weighted by Crippen LogP contribution is 2.22. The van der Waals surface area contributed by atoms with E-state index in [-0.39, 0.29) is 23.2 Å². The van der Waals surface area contributed by atoms with Crippen LogP contribution in [-0.2, 0) is 9.84 Å². The van der Waals surface area contributed by atoms with Gasteiger partial charge >= 0.3 is 0 Å². The predicted molar refractivity (Wildman–Crippen MR) is 82.3 cm³/mol. The number of nitrogens with one attached hydrogen (secondary N) is 1. The molecule has 0 aliphatic carbocycles. The van der Waals surface area contributed by atoms with Crippen LogP contribution in [0.3, 0.4) is 0 Å². The van der Waals surface area contributed by atoms with Crippen LogP contribution in [0, 0.1) is 0 Å². The van der Waals surface area contributed by atoms with Crippen molar-refractivity contribution in [3.63, 3.8) is 0 Å². The van der Waals surface area contributed by atoms with E-state index in [2.05, 4.69) is 5.32 Å². The van der Waals surface area contributed by atoms with Crippen molar-refractivity contribution < 1.29 is 13.2 Å². The molecule has 0 heterocycles. The second-order valence-electron chi connectivity index (χ2n) is 5.32. The van der Waals surface area contributed by atoms with Crippen LogP contribution in [-0.4, -0.2) is 31.4 Å². The molecule has 0 aromatic heterocycles. The molecule has 0 atom stereocenters. The summed E-state index contributed by atoms with van der Waals surface area (Å²) >= 11 is 11.6. The fourth-order valence-electron chi connectivity index (χ4n) is 1.34. The Balaban J connectivity index is 2.63. The summed E-state index contributed by atoms with van der Waals surface area (Å²) in [5, 5.41) is 3.19. The van der Waals surface area contributed by atoms with Crippen LogP contribution in [0.2, 0.25) is 10.0 Å². The minimum absolute atomic E-state index is 0.0542. The summed E-state index contributed by atoms with van der Waals surface area (Å²) in [6.45, 7) is 4.94. The molecule has 1 rings (SSSR count). The second-order valence-corrected chi connectivity index (χ2v) is 8.99. The fourth-order valence-corrected chi connectivity index (χ4v) is 2.63. The monoisotopic (exact) mass is 337 g/mol. The lowest BCUT2D eigenvalue weighted by atomic mass is 10.2. The lowest BCUT2D eigenvalue weighted by molar-refractivity contribution is 0.0956. The maximum absolute atomic E-state index is 11.9. The van der Waals surface area contributed by atoms with E-state index in [1.807, 2.05) is 0 Å². The van der Waals surface area contributed by atoms with E-state index in [0.29, 0.717) is 10.6 Å². The Morgan fingerprint density at radius 3 is 2.30 bits per heavy atom. The SMILES string of the molecule is CC(C)(C)S(=O)(=O)CCNC(=O)c1ccc(Cl)c(Cl)c1. The van der Waals surface area contributed by atoms with Crippen LogP contribution < -0.4 is 5.32 Å². The van der Waals surface area contributed by atoms with E-state index in [1.54, 1.807) is 20.8 Å². The minimum Gasteiger partial charge on any atom is -0.351 e. The summed E-state index contributed by atoms with van der Waals surface area (Å²) in [6, 6.07) is 4.49. The highest BCUT2D eigenvalue weighted by molar-refractivity contribution is 7.92. The Hall–Kier alpha value is -0.780. The average Bonchev–Trinajstić information content (AvgIpc) is 2.30. The van der Waals surface area contributed by atoms with Crippen molar-refractivity contribution in [1.29, 1.82) is 0 Å². The largest absolute Gasteiger partial charge is 0.351 e. The predicted octanol–water partition coefficient (Wildman–Crippen LogP) is 2.94. The van der Waals surface area contributed by atoms with Gasteiger partial charge in [0.1, 0.15) is 0 Å². The molecule has 1 N–H and O–H groups in total. The zero-order valence-corrected chi connectivity index (χ0v) is 13.9. The van der Waals surface area contributed by atoms with Crippen molar-refractivity contribution in [2.24, 2.45) is 0 Å². The Morgan fingerprint density at radius 2 is 1.80 bits per heavy atom. The number of rotatable bonds is 4. The van der Waals surface area contributed by atoms with Crippen LogP contribution in [0.15, 0.2) is 18.2 Å². The van der Waals surface area contributed by atoms with Crippen LogP contribution in [0.5, 0.6) is 0 Å². The zero-order chi connectivity index (χ0) is 15.6. The molecule has 20 heavy (non-hydrogen) atoms. The number of sulfone groups is 1. The molecule has 0 radical (unpaired) electrons. The van der Waals surface area contributed by atoms with E-state index >= 15 is 0 Å². The molecule has 0 bridgehead atoms. The molecule has 0 saturated heterocycles. The molecular formula is C13H17Cl2NO3S. The van der Waals surface area contributed by atoms with Crippen LogP contribution in [0.4, 0.5) is 0 Å². The van der Waals surface area contributed by atoms with Gasteiger partial charge in [-0.05, 0) is 39.0 Å². The van der Waals surface area contributed by atoms with Gasteiger partial charge in [0.25, 0.3) is 5.91 Å². The average molecular weight is 338 g/mol. The first-order valence-corrected chi connectivity index (χ1v) is 8.41. The van der Waals surface area contributed by atoms with Crippen LogP contribution in [0.25, 0.3) is 0 Å². The Bertz CT molecular complexity index is 607. The quantitative estimate of drug-likeness (QED) is 0.918. The van der Waals surface area contributed by atoms with Crippen molar-refractivity contribution in [3.05, 3.63) is 33.8 Å². The number of benzene rings is 1. The second kappa shape index (κ2) is 6.33. The van der Waals surface area contributed by atoms with Crippen LogP contribution in [0.1, 0.15) is 31.1 Å². The first kappa shape index (κ1) is 17.3. The van der Waals surface area contributed by atoms with Gasteiger partial charge in [0.2, 0.25) is 0 Å².